The van der Waals surface area contributed by atoms with Crippen LogP contribution in [0.5, 0.6) is 0 Å². The van der Waals surface area contributed by atoms with E-state index in [2.05, 4.69) is 15.9 Å². The molecule has 0 bridgehead atoms. The van der Waals surface area contributed by atoms with Crippen LogP contribution in [0.3, 0.4) is 0 Å². The summed E-state index contributed by atoms with van der Waals surface area (Å²) >= 11 is 8.89. The second-order valence-electron chi connectivity index (χ2n) is 2.55. The summed E-state index contributed by atoms with van der Waals surface area (Å²) in [6.45, 7) is 0. The number of rotatable bonds is 0. The summed E-state index contributed by atoms with van der Waals surface area (Å²) in [6, 6.07) is 5.21. The molecule has 1 aromatic heterocycles. The maximum atomic E-state index is 11.5. The van der Waals surface area contributed by atoms with E-state index in [4.69, 9.17) is 16.0 Å². The van der Waals surface area contributed by atoms with Crippen LogP contribution in [0.15, 0.2) is 38.1 Å². The van der Waals surface area contributed by atoms with Gasteiger partial charge in [0.2, 0.25) is 5.43 Å². The SMILES string of the molecule is O=c1c(Cl)coc2ccc(Br)cc12. The molecule has 2 rings (SSSR count). The smallest absolute Gasteiger partial charge is 0.211 e. The normalized spacial score (nSPS) is 10.6. The van der Waals surface area contributed by atoms with Gasteiger partial charge in [0, 0.05) is 4.47 Å². The zero-order chi connectivity index (χ0) is 9.42. The lowest BCUT2D eigenvalue weighted by molar-refractivity contribution is 0.603. The van der Waals surface area contributed by atoms with Crippen molar-refractivity contribution in [1.29, 1.82) is 0 Å². The average Bonchev–Trinajstić information content (AvgIpc) is 2.12. The van der Waals surface area contributed by atoms with Gasteiger partial charge < -0.3 is 4.42 Å². The topological polar surface area (TPSA) is 30.2 Å². The van der Waals surface area contributed by atoms with Gasteiger partial charge in [-0.05, 0) is 18.2 Å². The van der Waals surface area contributed by atoms with Crippen LogP contribution in [-0.4, -0.2) is 0 Å². The van der Waals surface area contributed by atoms with E-state index >= 15 is 0 Å². The molecule has 4 heteroatoms. The molecule has 0 saturated carbocycles. The number of benzene rings is 1. The number of hydrogen-bond donors (Lipinski definition) is 0. The highest BCUT2D eigenvalue weighted by Crippen LogP contribution is 2.18. The van der Waals surface area contributed by atoms with Gasteiger partial charge >= 0.3 is 0 Å². The molecule has 0 aliphatic rings. The van der Waals surface area contributed by atoms with Gasteiger partial charge in [-0.2, -0.15) is 0 Å². The van der Waals surface area contributed by atoms with Gasteiger partial charge in [0.25, 0.3) is 0 Å². The molecule has 0 fully saturated rings. The third-order valence-corrected chi connectivity index (χ3v) is 2.45. The van der Waals surface area contributed by atoms with Crippen LogP contribution in [0.25, 0.3) is 11.0 Å². The Kier molecular flexibility index (Phi) is 2.14. The fourth-order valence-corrected chi connectivity index (χ4v) is 1.59. The van der Waals surface area contributed by atoms with Gasteiger partial charge in [-0.1, -0.05) is 27.5 Å². The Morgan fingerprint density at radius 2 is 2.15 bits per heavy atom. The molecule has 13 heavy (non-hydrogen) atoms. The zero-order valence-corrected chi connectivity index (χ0v) is 8.72. The summed E-state index contributed by atoms with van der Waals surface area (Å²) in [7, 11) is 0. The number of halogens is 2. The van der Waals surface area contributed by atoms with Crippen LogP contribution in [0.2, 0.25) is 5.02 Å². The van der Waals surface area contributed by atoms with Crippen LogP contribution in [-0.2, 0) is 0 Å². The summed E-state index contributed by atoms with van der Waals surface area (Å²) in [6.07, 6.45) is 1.25. The molecular weight excluding hydrogens is 255 g/mol. The Balaban J connectivity index is 2.97. The first-order valence-corrected chi connectivity index (χ1v) is 4.72. The lowest BCUT2D eigenvalue weighted by Gasteiger charge is -1.96. The maximum absolute atomic E-state index is 11.5. The largest absolute Gasteiger partial charge is 0.463 e. The quantitative estimate of drug-likeness (QED) is 0.727. The Labute approximate surface area is 87.3 Å². The molecule has 0 amide bonds. The van der Waals surface area contributed by atoms with Crippen molar-refractivity contribution in [3.63, 3.8) is 0 Å². The number of hydrogen-bond acceptors (Lipinski definition) is 2. The Morgan fingerprint density at radius 3 is 2.92 bits per heavy atom. The molecule has 66 valence electrons. The minimum Gasteiger partial charge on any atom is -0.463 e. The van der Waals surface area contributed by atoms with E-state index in [1.165, 1.54) is 6.26 Å². The Bertz CT molecular complexity index is 513. The fourth-order valence-electron chi connectivity index (χ4n) is 1.08. The lowest BCUT2D eigenvalue weighted by Crippen LogP contribution is -2.00. The average molecular weight is 259 g/mol. The maximum Gasteiger partial charge on any atom is 0.211 e. The summed E-state index contributed by atoms with van der Waals surface area (Å²) in [5, 5.41) is 0.590. The van der Waals surface area contributed by atoms with E-state index in [9.17, 15) is 4.79 Å². The van der Waals surface area contributed by atoms with Gasteiger partial charge in [0.05, 0.1) is 5.39 Å². The second kappa shape index (κ2) is 3.16. The van der Waals surface area contributed by atoms with Gasteiger partial charge in [-0.3, -0.25) is 4.79 Å². The summed E-state index contributed by atoms with van der Waals surface area (Å²) < 4.78 is 5.95. The van der Waals surface area contributed by atoms with Crippen LogP contribution in [0, 0.1) is 0 Å². The van der Waals surface area contributed by atoms with E-state index in [1.54, 1.807) is 18.2 Å². The molecule has 1 aromatic carbocycles. The molecule has 0 aliphatic heterocycles. The van der Waals surface area contributed by atoms with Gasteiger partial charge in [0.15, 0.2) is 0 Å². The van der Waals surface area contributed by atoms with E-state index < -0.39 is 0 Å². The number of fused-ring (bicyclic) bond motifs is 1. The van der Waals surface area contributed by atoms with E-state index in [1.807, 2.05) is 0 Å². The molecule has 0 N–H and O–H groups in total. The highest BCUT2D eigenvalue weighted by atomic mass is 79.9. The van der Waals surface area contributed by atoms with Crippen molar-refractivity contribution in [2.45, 2.75) is 0 Å². The van der Waals surface area contributed by atoms with E-state index in [0.29, 0.717) is 11.0 Å². The van der Waals surface area contributed by atoms with Crippen LogP contribution in [0.1, 0.15) is 0 Å². The molecule has 1 heterocycles. The van der Waals surface area contributed by atoms with Crippen molar-refractivity contribution < 1.29 is 4.42 Å². The van der Waals surface area contributed by atoms with Crippen molar-refractivity contribution in [2.75, 3.05) is 0 Å². The van der Waals surface area contributed by atoms with Crippen molar-refractivity contribution >= 4 is 38.5 Å². The predicted molar refractivity (Wildman–Crippen MR) is 55.2 cm³/mol. The molecule has 0 radical (unpaired) electrons. The third-order valence-electron chi connectivity index (χ3n) is 1.69. The summed E-state index contributed by atoms with van der Waals surface area (Å²) in [5.74, 6) is 0. The van der Waals surface area contributed by atoms with E-state index in [-0.39, 0.29) is 10.5 Å². The van der Waals surface area contributed by atoms with Gasteiger partial charge in [0.1, 0.15) is 16.9 Å². The molecule has 0 atom stereocenters. The third kappa shape index (κ3) is 1.49. The molecule has 0 aliphatic carbocycles. The predicted octanol–water partition coefficient (Wildman–Crippen LogP) is 3.21. The standard InChI is InChI=1S/C9H4BrClO2/c10-5-1-2-8-6(3-5)9(12)7(11)4-13-8/h1-4H. The Hall–Kier alpha value is -0.800. The van der Waals surface area contributed by atoms with Crippen molar-refractivity contribution in [3.8, 4) is 0 Å². The first-order valence-electron chi connectivity index (χ1n) is 3.55. The molecule has 0 saturated heterocycles. The van der Waals surface area contributed by atoms with E-state index in [0.717, 1.165) is 4.47 Å². The minimum atomic E-state index is -0.204. The van der Waals surface area contributed by atoms with Crippen LogP contribution >= 0.6 is 27.5 Å². The lowest BCUT2D eigenvalue weighted by atomic mass is 10.2. The summed E-state index contributed by atoms with van der Waals surface area (Å²) in [5.41, 5.74) is 0.335. The minimum absolute atomic E-state index is 0.102. The van der Waals surface area contributed by atoms with Crippen molar-refractivity contribution in [1.82, 2.24) is 0 Å². The highest BCUT2D eigenvalue weighted by molar-refractivity contribution is 9.10. The summed E-state index contributed by atoms with van der Waals surface area (Å²) in [4.78, 5) is 11.5. The molecule has 2 nitrogen and oxygen atoms in total. The molecular formula is C9H4BrClO2. The van der Waals surface area contributed by atoms with Crippen LogP contribution < -0.4 is 5.43 Å². The highest BCUT2D eigenvalue weighted by Gasteiger charge is 2.04. The fraction of sp³-hybridized carbons (Fsp3) is 0. The first-order chi connectivity index (χ1) is 6.18. The van der Waals surface area contributed by atoms with Gasteiger partial charge in [-0.25, -0.2) is 0 Å². The monoisotopic (exact) mass is 258 g/mol. The van der Waals surface area contributed by atoms with Gasteiger partial charge in [-0.15, -0.1) is 0 Å². The van der Waals surface area contributed by atoms with Crippen molar-refractivity contribution in [3.05, 3.63) is 44.2 Å². The molecule has 0 spiro atoms. The Morgan fingerprint density at radius 1 is 1.38 bits per heavy atom. The van der Waals surface area contributed by atoms with Crippen molar-refractivity contribution in [2.24, 2.45) is 0 Å². The second-order valence-corrected chi connectivity index (χ2v) is 3.88. The first kappa shape index (κ1) is 8.78. The van der Waals surface area contributed by atoms with Crippen LogP contribution in [0.4, 0.5) is 0 Å². The molecule has 2 aromatic rings. The molecule has 0 unspecified atom stereocenters. The zero-order valence-electron chi connectivity index (χ0n) is 6.38.